The molecule has 2 N–H and O–H groups in total. The molecule has 0 bridgehead atoms. The quantitative estimate of drug-likeness (QED) is 0.827. The van der Waals surface area contributed by atoms with E-state index in [1.165, 1.54) is 0 Å². The smallest absolute Gasteiger partial charge is 0.223 e. The largest absolute Gasteiger partial charge is 0.389 e. The van der Waals surface area contributed by atoms with Crippen molar-refractivity contribution in [1.29, 1.82) is 0 Å². The number of aryl methyl sites for hydroxylation is 1. The van der Waals surface area contributed by atoms with E-state index in [1.54, 1.807) is 6.20 Å². The predicted octanol–water partition coefficient (Wildman–Crippen LogP) is 2.57. The van der Waals surface area contributed by atoms with Gasteiger partial charge in [-0.1, -0.05) is 19.3 Å². The van der Waals surface area contributed by atoms with E-state index in [0.29, 0.717) is 5.92 Å². The molecule has 1 saturated heterocycles. The highest BCUT2D eigenvalue weighted by molar-refractivity contribution is 5.77. The molecule has 6 nitrogen and oxygen atoms in total. The minimum absolute atomic E-state index is 0.0634. The van der Waals surface area contributed by atoms with Crippen molar-refractivity contribution in [3.05, 3.63) is 18.2 Å². The van der Waals surface area contributed by atoms with Crippen LogP contribution in [0.5, 0.6) is 0 Å². The number of imidazole rings is 1. The maximum Gasteiger partial charge on any atom is 0.223 e. The van der Waals surface area contributed by atoms with Crippen molar-refractivity contribution in [3.63, 3.8) is 0 Å². The van der Waals surface area contributed by atoms with Crippen LogP contribution in [-0.4, -0.2) is 39.4 Å². The normalized spacial score (nSPS) is 22.5. The summed E-state index contributed by atoms with van der Waals surface area (Å²) in [5, 5.41) is 13.9. The molecule has 2 aliphatic rings. The molecule has 1 saturated carbocycles. The van der Waals surface area contributed by atoms with Gasteiger partial charge in [0.1, 0.15) is 5.82 Å². The topological polar surface area (TPSA) is 76.4 Å². The van der Waals surface area contributed by atoms with Crippen LogP contribution < -0.4 is 5.32 Å². The summed E-state index contributed by atoms with van der Waals surface area (Å²) in [7, 11) is 0. The Morgan fingerprint density at radius 3 is 2.80 bits per heavy atom. The molecule has 1 atom stereocenters. The molecule has 1 aliphatic heterocycles. The number of ether oxygens (including phenoxy) is 1. The lowest BCUT2D eigenvalue weighted by Gasteiger charge is -2.34. The van der Waals surface area contributed by atoms with Gasteiger partial charge in [-0.3, -0.25) is 4.79 Å². The van der Waals surface area contributed by atoms with E-state index in [1.807, 2.05) is 6.20 Å². The first-order chi connectivity index (χ1) is 12.1. The minimum Gasteiger partial charge on any atom is -0.389 e. The molecule has 2 heterocycles. The summed E-state index contributed by atoms with van der Waals surface area (Å²) < 4.78 is 7.58. The first kappa shape index (κ1) is 18.4. The van der Waals surface area contributed by atoms with Crippen molar-refractivity contribution in [2.24, 2.45) is 5.92 Å². The molecular weight excluding hydrogens is 318 g/mol. The van der Waals surface area contributed by atoms with E-state index in [2.05, 4.69) is 21.8 Å². The molecule has 1 aliphatic carbocycles. The number of rotatable bonds is 6. The third-order valence-corrected chi connectivity index (χ3v) is 5.69. The maximum absolute atomic E-state index is 12.7. The Bertz CT molecular complexity index is 560. The van der Waals surface area contributed by atoms with Gasteiger partial charge in [-0.15, -0.1) is 0 Å². The van der Waals surface area contributed by atoms with Crippen molar-refractivity contribution in [2.45, 2.75) is 76.5 Å². The number of carbonyl (C=O) groups excluding carboxylic acids is 1. The number of hydrogen-bond donors (Lipinski definition) is 2. The summed E-state index contributed by atoms with van der Waals surface area (Å²) in [4.78, 5) is 17.2. The molecule has 140 valence electrons. The summed E-state index contributed by atoms with van der Waals surface area (Å²) in [6.45, 7) is 4.37. The minimum atomic E-state index is -0.831. The molecule has 0 unspecified atom stereocenters. The van der Waals surface area contributed by atoms with Crippen molar-refractivity contribution in [3.8, 4) is 0 Å². The van der Waals surface area contributed by atoms with Gasteiger partial charge in [0.15, 0.2) is 0 Å². The Labute approximate surface area is 150 Å². The molecule has 6 heteroatoms. The first-order valence-corrected chi connectivity index (χ1v) is 9.72. The van der Waals surface area contributed by atoms with Gasteiger partial charge in [0.25, 0.3) is 0 Å². The zero-order chi connectivity index (χ0) is 17.7. The van der Waals surface area contributed by atoms with Crippen molar-refractivity contribution in [1.82, 2.24) is 14.9 Å². The van der Waals surface area contributed by atoms with E-state index in [-0.39, 0.29) is 18.4 Å². The van der Waals surface area contributed by atoms with Crippen LogP contribution in [0.25, 0.3) is 0 Å². The van der Waals surface area contributed by atoms with Crippen molar-refractivity contribution < 1.29 is 14.6 Å². The number of nitrogens with one attached hydrogen (secondary N) is 1. The monoisotopic (exact) mass is 349 g/mol. The zero-order valence-corrected chi connectivity index (χ0v) is 15.2. The van der Waals surface area contributed by atoms with Crippen LogP contribution in [-0.2, 0) is 16.1 Å². The van der Waals surface area contributed by atoms with Gasteiger partial charge >= 0.3 is 0 Å². The molecule has 25 heavy (non-hydrogen) atoms. The van der Waals surface area contributed by atoms with E-state index >= 15 is 0 Å². The third kappa shape index (κ3) is 4.61. The molecular formula is C19H31N3O3. The van der Waals surface area contributed by atoms with Gasteiger partial charge in [-0.25, -0.2) is 4.98 Å². The zero-order valence-electron chi connectivity index (χ0n) is 15.2. The van der Waals surface area contributed by atoms with Crippen LogP contribution in [0, 0.1) is 5.92 Å². The molecule has 0 aromatic carbocycles. The second kappa shape index (κ2) is 8.32. The van der Waals surface area contributed by atoms with Gasteiger partial charge < -0.3 is 19.7 Å². The molecule has 1 amide bonds. The van der Waals surface area contributed by atoms with Crippen LogP contribution in [0.3, 0.4) is 0 Å². The summed E-state index contributed by atoms with van der Waals surface area (Å²) >= 11 is 0. The van der Waals surface area contributed by atoms with Crippen LogP contribution in [0.1, 0.15) is 70.2 Å². The molecule has 1 aromatic heterocycles. The molecule has 0 spiro atoms. The molecule has 3 rings (SSSR count). The average Bonchev–Trinajstić information content (AvgIpc) is 3.09. The van der Waals surface area contributed by atoms with Crippen molar-refractivity contribution in [2.75, 3.05) is 13.2 Å². The Balaban J connectivity index is 1.71. The highest BCUT2D eigenvalue weighted by Gasteiger charge is 2.35. The lowest BCUT2D eigenvalue weighted by atomic mass is 9.82. The second-order valence-corrected chi connectivity index (χ2v) is 7.53. The van der Waals surface area contributed by atoms with Gasteiger partial charge in [0, 0.05) is 32.2 Å². The summed E-state index contributed by atoms with van der Waals surface area (Å²) in [5.41, 5.74) is -0.831. The van der Waals surface area contributed by atoms with Crippen LogP contribution in [0.4, 0.5) is 0 Å². The van der Waals surface area contributed by atoms with E-state index in [0.717, 1.165) is 70.5 Å². The number of aliphatic hydroxyl groups is 1. The van der Waals surface area contributed by atoms with Gasteiger partial charge in [0.05, 0.1) is 18.1 Å². The first-order valence-electron chi connectivity index (χ1n) is 9.72. The van der Waals surface area contributed by atoms with Crippen LogP contribution >= 0.6 is 0 Å². The standard InChI is InChI=1S/C19H31N3O3/c1-2-22-11-10-20-18(22)17(15-6-12-25-13-7-15)21-16(23)14-19(24)8-4-3-5-9-19/h10-11,15,17,24H,2-9,12-14H2,1H3,(H,21,23)/t17-/m0/s1. The highest BCUT2D eigenvalue weighted by atomic mass is 16.5. The number of hydrogen-bond acceptors (Lipinski definition) is 4. The summed E-state index contributed by atoms with van der Waals surface area (Å²) in [6, 6.07) is -0.112. The highest BCUT2D eigenvalue weighted by Crippen LogP contribution is 2.33. The average molecular weight is 349 g/mol. The fourth-order valence-corrected chi connectivity index (χ4v) is 4.22. The predicted molar refractivity (Wildman–Crippen MR) is 95.0 cm³/mol. The third-order valence-electron chi connectivity index (χ3n) is 5.69. The Morgan fingerprint density at radius 1 is 1.40 bits per heavy atom. The lowest BCUT2D eigenvalue weighted by Crippen LogP contribution is -2.42. The van der Waals surface area contributed by atoms with Crippen molar-refractivity contribution >= 4 is 5.91 Å². The maximum atomic E-state index is 12.7. The Kier molecular flexibility index (Phi) is 6.12. The van der Waals surface area contributed by atoms with E-state index < -0.39 is 5.60 Å². The van der Waals surface area contributed by atoms with Crippen LogP contribution in [0.15, 0.2) is 12.4 Å². The second-order valence-electron chi connectivity index (χ2n) is 7.53. The van der Waals surface area contributed by atoms with Gasteiger partial charge in [-0.05, 0) is 38.5 Å². The van der Waals surface area contributed by atoms with Gasteiger partial charge in [-0.2, -0.15) is 0 Å². The van der Waals surface area contributed by atoms with E-state index in [4.69, 9.17) is 4.74 Å². The van der Waals surface area contributed by atoms with Gasteiger partial charge in [0.2, 0.25) is 5.91 Å². The Morgan fingerprint density at radius 2 is 2.12 bits per heavy atom. The molecule has 0 radical (unpaired) electrons. The molecule has 2 fully saturated rings. The Hall–Kier alpha value is -1.40. The van der Waals surface area contributed by atoms with E-state index in [9.17, 15) is 9.90 Å². The number of aromatic nitrogens is 2. The number of amides is 1. The number of carbonyl (C=O) groups is 1. The number of nitrogens with zero attached hydrogens (tertiary/aromatic N) is 2. The molecule has 1 aromatic rings. The fourth-order valence-electron chi connectivity index (χ4n) is 4.22. The summed E-state index contributed by atoms with van der Waals surface area (Å²) in [6.07, 6.45) is 10.4. The summed E-state index contributed by atoms with van der Waals surface area (Å²) in [5.74, 6) is 1.18. The SMILES string of the molecule is CCn1ccnc1[C@@H](NC(=O)CC1(O)CCCCC1)C1CCOCC1. The lowest BCUT2D eigenvalue weighted by molar-refractivity contribution is -0.129. The van der Waals surface area contributed by atoms with Crippen LogP contribution in [0.2, 0.25) is 0 Å². The fraction of sp³-hybridized carbons (Fsp3) is 0.789.